The lowest BCUT2D eigenvalue weighted by Gasteiger charge is -2.33. The van der Waals surface area contributed by atoms with E-state index < -0.39 is 22.6 Å². The van der Waals surface area contributed by atoms with Gasteiger partial charge >= 0.3 is 12.1 Å². The first-order valence-electron chi connectivity index (χ1n) is 7.75. The summed E-state index contributed by atoms with van der Waals surface area (Å²) < 4.78 is 42.5. The van der Waals surface area contributed by atoms with Crippen LogP contribution in [0.25, 0.3) is 0 Å². The maximum Gasteiger partial charge on any atom is 0.436 e. The van der Waals surface area contributed by atoms with Crippen molar-refractivity contribution in [1.29, 1.82) is 0 Å². The molecule has 1 aliphatic rings. The van der Waals surface area contributed by atoms with Gasteiger partial charge in [-0.3, -0.25) is 0 Å². The highest BCUT2D eigenvalue weighted by Gasteiger charge is 2.67. The lowest BCUT2D eigenvalue weighted by molar-refractivity contribution is -0.273. The van der Waals surface area contributed by atoms with Gasteiger partial charge in [-0.2, -0.15) is 13.2 Å². The molecule has 10 heteroatoms. The first-order chi connectivity index (χ1) is 13.0. The number of aryl methyl sites for hydroxylation is 1. The summed E-state index contributed by atoms with van der Waals surface area (Å²) in [6, 6.07) is 7.67. The molecule has 2 unspecified atom stereocenters. The highest BCUT2D eigenvalue weighted by atomic mass is 79.9. The predicted molar refractivity (Wildman–Crippen MR) is 103 cm³/mol. The summed E-state index contributed by atoms with van der Waals surface area (Å²) in [5.74, 6) is -1.14. The number of aromatic carboxylic acids is 1. The molecule has 1 aliphatic heterocycles. The van der Waals surface area contributed by atoms with Crippen LogP contribution in [0.15, 0.2) is 41.6 Å². The zero-order chi connectivity index (χ0) is 20.9. The van der Waals surface area contributed by atoms with Gasteiger partial charge in [0, 0.05) is 21.2 Å². The van der Waals surface area contributed by atoms with E-state index in [0.29, 0.717) is 11.1 Å². The van der Waals surface area contributed by atoms with Gasteiger partial charge in [0.25, 0.3) is 5.60 Å². The molecule has 4 nitrogen and oxygen atoms in total. The van der Waals surface area contributed by atoms with Crippen LogP contribution >= 0.6 is 39.1 Å². The van der Waals surface area contributed by atoms with Gasteiger partial charge in [-0.15, -0.1) is 0 Å². The van der Waals surface area contributed by atoms with Crippen LogP contribution in [0.1, 0.15) is 27.0 Å². The van der Waals surface area contributed by atoms with Crippen molar-refractivity contribution >= 4 is 50.8 Å². The molecule has 3 rings (SSSR count). The molecule has 0 saturated heterocycles. The Morgan fingerprint density at radius 1 is 1.21 bits per heavy atom. The lowest BCUT2D eigenvalue weighted by Crippen LogP contribution is -2.50. The molecule has 2 aromatic carbocycles. The summed E-state index contributed by atoms with van der Waals surface area (Å²) in [5, 5.41) is 12.8. The standard InChI is InChI=1S/C18H11BrCl2F3NO3/c1-8-4-9(2-3-13(8)16(26)27)14-15(19)17(28-25-14,18(22,23)24)10-5-11(20)7-12(21)6-10/h2-7,15H,1H3,(H,26,27). The molecule has 1 N–H and O–H groups in total. The van der Waals surface area contributed by atoms with Crippen LogP contribution in [0.4, 0.5) is 13.2 Å². The number of benzene rings is 2. The maximum absolute atomic E-state index is 14.2. The number of alkyl halides is 4. The number of hydrogen-bond acceptors (Lipinski definition) is 3. The number of halogens is 6. The number of oxime groups is 1. The highest BCUT2D eigenvalue weighted by Crippen LogP contribution is 2.52. The molecule has 0 spiro atoms. The smallest absolute Gasteiger partial charge is 0.436 e. The molecule has 0 radical (unpaired) electrons. The molecule has 148 valence electrons. The maximum atomic E-state index is 14.2. The van der Waals surface area contributed by atoms with Gasteiger partial charge in [0.1, 0.15) is 10.5 Å². The minimum absolute atomic E-state index is 0.0181. The minimum atomic E-state index is -4.86. The monoisotopic (exact) mass is 495 g/mol. The van der Waals surface area contributed by atoms with E-state index in [4.69, 9.17) is 33.1 Å². The Morgan fingerprint density at radius 3 is 2.32 bits per heavy atom. The largest absolute Gasteiger partial charge is 0.478 e. The fourth-order valence-corrected chi connectivity index (χ4v) is 4.48. The van der Waals surface area contributed by atoms with E-state index in [2.05, 4.69) is 21.1 Å². The van der Waals surface area contributed by atoms with Gasteiger partial charge in [0.05, 0.1) is 5.56 Å². The summed E-state index contributed by atoms with van der Waals surface area (Å²) in [6.45, 7) is 1.54. The predicted octanol–water partition coefficient (Wildman–Crippen LogP) is 5.96. The number of rotatable bonds is 3. The number of carbonyl (C=O) groups is 1. The fraction of sp³-hybridized carbons (Fsp3) is 0.222. The Kier molecular flexibility index (Phi) is 5.42. The zero-order valence-corrected chi connectivity index (χ0v) is 17.1. The summed E-state index contributed by atoms with van der Waals surface area (Å²) in [7, 11) is 0. The van der Waals surface area contributed by atoms with Crippen molar-refractivity contribution in [2.75, 3.05) is 0 Å². The Hall–Kier alpha value is -1.77. The van der Waals surface area contributed by atoms with Crippen molar-refractivity contribution in [3.63, 3.8) is 0 Å². The van der Waals surface area contributed by atoms with Crippen molar-refractivity contribution in [3.05, 3.63) is 68.7 Å². The Morgan fingerprint density at radius 2 is 1.82 bits per heavy atom. The topological polar surface area (TPSA) is 58.9 Å². The van der Waals surface area contributed by atoms with Crippen LogP contribution in [0.3, 0.4) is 0 Å². The molecule has 2 atom stereocenters. The van der Waals surface area contributed by atoms with Gasteiger partial charge in [-0.25, -0.2) is 4.79 Å². The van der Waals surface area contributed by atoms with Crippen molar-refractivity contribution in [3.8, 4) is 0 Å². The van der Waals surface area contributed by atoms with E-state index in [0.717, 1.165) is 12.1 Å². The van der Waals surface area contributed by atoms with Crippen LogP contribution in [0.5, 0.6) is 0 Å². The van der Waals surface area contributed by atoms with E-state index in [-0.39, 0.29) is 26.9 Å². The number of carboxylic acids is 1. The second kappa shape index (κ2) is 7.24. The molecule has 1 heterocycles. The Bertz CT molecular complexity index is 976. The Labute approximate surface area is 176 Å². The molecule has 0 saturated carbocycles. The summed E-state index contributed by atoms with van der Waals surface area (Å²) in [4.78, 5) is 14.7. The second-order valence-electron chi connectivity index (χ2n) is 6.16. The SMILES string of the molecule is Cc1cc(C2=NOC(c3cc(Cl)cc(Cl)c3)(C(F)(F)F)C2Br)ccc1C(=O)O. The summed E-state index contributed by atoms with van der Waals surface area (Å²) in [5.41, 5.74) is -2.48. The molecule has 0 aromatic heterocycles. The molecule has 0 bridgehead atoms. The van der Waals surface area contributed by atoms with Crippen LogP contribution < -0.4 is 0 Å². The van der Waals surface area contributed by atoms with Crippen molar-refractivity contribution in [2.24, 2.45) is 5.16 Å². The molecular formula is C18H11BrCl2F3NO3. The first-order valence-corrected chi connectivity index (χ1v) is 9.42. The van der Waals surface area contributed by atoms with E-state index in [9.17, 15) is 18.0 Å². The number of nitrogens with zero attached hydrogens (tertiary/aromatic N) is 1. The van der Waals surface area contributed by atoms with E-state index >= 15 is 0 Å². The first kappa shape index (κ1) is 21.0. The van der Waals surface area contributed by atoms with E-state index in [1.807, 2.05) is 0 Å². The third kappa shape index (κ3) is 3.38. The molecular weight excluding hydrogens is 486 g/mol. The average Bonchev–Trinajstić information content (AvgIpc) is 2.91. The minimum Gasteiger partial charge on any atom is -0.478 e. The zero-order valence-electron chi connectivity index (χ0n) is 14.0. The summed E-state index contributed by atoms with van der Waals surface area (Å²) >= 11 is 14.9. The van der Waals surface area contributed by atoms with Gasteiger partial charge in [-0.05, 0) is 42.8 Å². The van der Waals surface area contributed by atoms with Crippen molar-refractivity contribution in [2.45, 2.75) is 23.5 Å². The highest BCUT2D eigenvalue weighted by molar-refractivity contribution is 9.10. The molecule has 0 amide bonds. The number of carboxylic acid groups (broad SMARTS) is 1. The van der Waals surface area contributed by atoms with Crippen LogP contribution in [-0.2, 0) is 10.4 Å². The normalized spacial score (nSPS) is 22.0. The van der Waals surface area contributed by atoms with Crippen molar-refractivity contribution < 1.29 is 27.9 Å². The van der Waals surface area contributed by atoms with Crippen LogP contribution in [-0.4, -0.2) is 27.8 Å². The third-order valence-corrected chi connectivity index (χ3v) is 5.86. The Balaban J connectivity index is 2.11. The van der Waals surface area contributed by atoms with Gasteiger partial charge in [0.15, 0.2) is 0 Å². The summed E-state index contributed by atoms with van der Waals surface area (Å²) in [6.07, 6.45) is -4.86. The van der Waals surface area contributed by atoms with Crippen LogP contribution in [0, 0.1) is 6.92 Å². The van der Waals surface area contributed by atoms with Gasteiger partial charge in [-0.1, -0.05) is 50.4 Å². The van der Waals surface area contributed by atoms with Gasteiger partial charge < -0.3 is 9.94 Å². The number of hydrogen-bond donors (Lipinski definition) is 1. The van der Waals surface area contributed by atoms with Crippen molar-refractivity contribution in [1.82, 2.24) is 0 Å². The van der Waals surface area contributed by atoms with E-state index in [1.165, 1.54) is 24.3 Å². The average molecular weight is 497 g/mol. The lowest BCUT2D eigenvalue weighted by atomic mass is 9.86. The molecule has 0 aliphatic carbocycles. The second-order valence-corrected chi connectivity index (χ2v) is 7.95. The third-order valence-electron chi connectivity index (χ3n) is 4.35. The quantitative estimate of drug-likeness (QED) is 0.533. The molecule has 28 heavy (non-hydrogen) atoms. The van der Waals surface area contributed by atoms with Crippen LogP contribution in [0.2, 0.25) is 10.0 Å². The fourth-order valence-electron chi connectivity index (χ4n) is 2.99. The molecule has 2 aromatic rings. The van der Waals surface area contributed by atoms with E-state index in [1.54, 1.807) is 6.92 Å². The molecule has 0 fully saturated rings. The van der Waals surface area contributed by atoms with Gasteiger partial charge in [0.2, 0.25) is 0 Å².